The van der Waals surface area contributed by atoms with Crippen LogP contribution in [0.15, 0.2) is 48.9 Å². The van der Waals surface area contributed by atoms with Crippen molar-refractivity contribution in [1.29, 1.82) is 0 Å². The quantitative estimate of drug-likeness (QED) is 0.404. The molecular weight excluding hydrogens is 513 g/mol. The number of halogens is 3. The van der Waals surface area contributed by atoms with E-state index < -0.39 is 23.7 Å². The highest BCUT2D eigenvalue weighted by molar-refractivity contribution is 6.03. The Morgan fingerprint density at radius 3 is 2.59 bits per heavy atom. The zero-order valence-electron chi connectivity index (χ0n) is 20.5. The number of nitrogen functional groups attached to an aromatic ring is 1. The summed E-state index contributed by atoms with van der Waals surface area (Å²) in [6, 6.07) is 7.45. The van der Waals surface area contributed by atoms with Crippen LogP contribution in [-0.2, 0) is 11.0 Å². The molecule has 2 aliphatic heterocycles. The molecule has 2 aliphatic rings. The van der Waals surface area contributed by atoms with Gasteiger partial charge in [-0.2, -0.15) is 13.2 Å². The fourth-order valence-corrected chi connectivity index (χ4v) is 5.38. The normalized spacial score (nSPS) is 19.4. The molecule has 2 amide bonds. The molecule has 0 bridgehead atoms. The number of carbonyl (C=O) groups excluding carboxylic acids is 2. The van der Waals surface area contributed by atoms with Gasteiger partial charge in [-0.25, -0.2) is 19.9 Å². The molecule has 2 unspecified atom stereocenters. The van der Waals surface area contributed by atoms with Crippen LogP contribution in [0, 0.1) is 0 Å². The van der Waals surface area contributed by atoms with Gasteiger partial charge in [0.15, 0.2) is 0 Å². The van der Waals surface area contributed by atoms with Crippen molar-refractivity contribution < 1.29 is 22.8 Å². The molecule has 13 heteroatoms. The van der Waals surface area contributed by atoms with Gasteiger partial charge >= 0.3 is 6.18 Å². The summed E-state index contributed by atoms with van der Waals surface area (Å²) in [6.45, 7) is 0.598. The minimum absolute atomic E-state index is 0.0314. The van der Waals surface area contributed by atoms with Crippen LogP contribution >= 0.6 is 0 Å². The number of hydrogen-bond acceptors (Lipinski definition) is 7. The van der Waals surface area contributed by atoms with Crippen molar-refractivity contribution in [2.24, 2.45) is 0 Å². The number of aromatic nitrogens is 5. The molecule has 0 radical (unpaired) electrons. The zero-order chi connectivity index (χ0) is 27.3. The van der Waals surface area contributed by atoms with Gasteiger partial charge in [0.1, 0.15) is 28.5 Å². The minimum Gasteiger partial charge on any atom is -0.382 e. The highest BCUT2D eigenvalue weighted by Crippen LogP contribution is 2.38. The third-order valence-corrected chi connectivity index (χ3v) is 7.29. The number of fused-ring (bicyclic) bond motifs is 2. The predicted molar refractivity (Wildman–Crippen MR) is 135 cm³/mol. The molecule has 6 rings (SSSR count). The Kier molecular flexibility index (Phi) is 5.92. The van der Waals surface area contributed by atoms with Crippen LogP contribution in [0.1, 0.15) is 53.5 Å². The molecule has 0 saturated carbocycles. The van der Waals surface area contributed by atoms with E-state index in [-0.39, 0.29) is 17.4 Å². The monoisotopic (exact) mass is 536 g/mol. The van der Waals surface area contributed by atoms with Gasteiger partial charge in [-0.3, -0.25) is 19.3 Å². The predicted octanol–water partition coefficient (Wildman–Crippen LogP) is 3.91. The number of anilines is 2. The number of hydrogen-bond donors (Lipinski definition) is 2. The molecule has 10 nitrogen and oxygen atoms in total. The van der Waals surface area contributed by atoms with Gasteiger partial charge in [0, 0.05) is 54.6 Å². The largest absolute Gasteiger partial charge is 0.433 e. The number of nitrogens with two attached hydrogens (primary N) is 1. The highest BCUT2D eigenvalue weighted by Gasteiger charge is 2.38. The molecule has 200 valence electrons. The van der Waals surface area contributed by atoms with Gasteiger partial charge in [-0.05, 0) is 37.5 Å². The molecule has 1 aromatic carbocycles. The summed E-state index contributed by atoms with van der Waals surface area (Å²) in [5.74, 6) is 0.176. The summed E-state index contributed by atoms with van der Waals surface area (Å²) in [5, 5.41) is 2.29. The second-order valence-corrected chi connectivity index (χ2v) is 9.66. The van der Waals surface area contributed by atoms with E-state index in [4.69, 9.17) is 10.7 Å². The van der Waals surface area contributed by atoms with E-state index in [9.17, 15) is 22.8 Å². The lowest BCUT2D eigenvalue weighted by molar-refractivity contribution is -0.141. The SMILES string of the molecule is Nc1nccn2c(C3CCC4CCC(=O)N4C3)nc(-c3ccc(C(=O)Nc4nccc(C(F)(F)F)n4)cc3)c12. The van der Waals surface area contributed by atoms with Crippen molar-refractivity contribution in [3.63, 3.8) is 0 Å². The fraction of sp³-hybridized carbons (Fsp3) is 0.308. The van der Waals surface area contributed by atoms with Crippen LogP contribution in [0.25, 0.3) is 16.8 Å². The lowest BCUT2D eigenvalue weighted by Crippen LogP contribution is -2.41. The number of nitrogens with zero attached hydrogens (tertiary/aromatic N) is 6. The number of nitrogens with one attached hydrogen (secondary N) is 1. The minimum atomic E-state index is -4.66. The zero-order valence-corrected chi connectivity index (χ0v) is 20.5. The Morgan fingerprint density at radius 2 is 1.82 bits per heavy atom. The van der Waals surface area contributed by atoms with Crippen LogP contribution < -0.4 is 11.1 Å². The summed E-state index contributed by atoms with van der Waals surface area (Å²) in [6.07, 6.45) is 2.97. The molecule has 3 N–H and O–H groups in total. The van der Waals surface area contributed by atoms with Crippen molar-refractivity contribution >= 4 is 29.1 Å². The van der Waals surface area contributed by atoms with Crippen molar-refractivity contribution in [3.8, 4) is 11.3 Å². The van der Waals surface area contributed by atoms with E-state index in [0.717, 1.165) is 37.4 Å². The van der Waals surface area contributed by atoms with Crippen molar-refractivity contribution in [1.82, 2.24) is 29.2 Å². The maximum absolute atomic E-state index is 12.9. The molecule has 0 spiro atoms. The van der Waals surface area contributed by atoms with Crippen LogP contribution in [0.4, 0.5) is 24.9 Å². The number of piperidine rings is 1. The van der Waals surface area contributed by atoms with Gasteiger partial charge in [-0.15, -0.1) is 0 Å². The topological polar surface area (TPSA) is 131 Å². The van der Waals surface area contributed by atoms with Crippen LogP contribution in [0.3, 0.4) is 0 Å². The first-order chi connectivity index (χ1) is 18.7. The van der Waals surface area contributed by atoms with E-state index in [1.165, 1.54) is 12.1 Å². The van der Waals surface area contributed by atoms with E-state index in [1.54, 1.807) is 24.5 Å². The maximum atomic E-state index is 12.9. The lowest BCUT2D eigenvalue weighted by atomic mass is 9.92. The Balaban J connectivity index is 1.28. The highest BCUT2D eigenvalue weighted by atomic mass is 19.4. The third-order valence-electron chi connectivity index (χ3n) is 7.29. The Labute approximate surface area is 220 Å². The second kappa shape index (κ2) is 9.33. The average molecular weight is 537 g/mol. The summed E-state index contributed by atoms with van der Waals surface area (Å²) >= 11 is 0. The smallest absolute Gasteiger partial charge is 0.382 e. The first-order valence-corrected chi connectivity index (χ1v) is 12.4. The van der Waals surface area contributed by atoms with Gasteiger partial charge in [-0.1, -0.05) is 12.1 Å². The van der Waals surface area contributed by atoms with Crippen LogP contribution in [0.2, 0.25) is 0 Å². The number of amides is 2. The van der Waals surface area contributed by atoms with E-state index in [1.807, 2.05) is 9.30 Å². The Morgan fingerprint density at radius 1 is 1.03 bits per heavy atom. The first-order valence-electron chi connectivity index (χ1n) is 12.4. The Bertz CT molecular complexity index is 1580. The summed E-state index contributed by atoms with van der Waals surface area (Å²) in [7, 11) is 0. The molecule has 0 aliphatic carbocycles. The molecule has 5 heterocycles. The summed E-state index contributed by atoms with van der Waals surface area (Å²) in [5.41, 5.74) is 7.18. The number of carbonyl (C=O) groups is 2. The van der Waals surface area contributed by atoms with Gasteiger partial charge in [0.25, 0.3) is 5.91 Å². The summed E-state index contributed by atoms with van der Waals surface area (Å²) < 4.78 is 40.7. The third kappa shape index (κ3) is 4.53. The molecule has 2 atom stereocenters. The second-order valence-electron chi connectivity index (χ2n) is 9.66. The molecular formula is C26H23F3N8O2. The van der Waals surface area contributed by atoms with Gasteiger partial charge in [0.05, 0.1) is 0 Å². The number of alkyl halides is 3. The molecule has 3 aromatic heterocycles. The van der Waals surface area contributed by atoms with Crippen molar-refractivity contribution in [3.05, 3.63) is 66.0 Å². The maximum Gasteiger partial charge on any atom is 0.433 e. The van der Waals surface area contributed by atoms with E-state index in [0.29, 0.717) is 41.6 Å². The average Bonchev–Trinajstić information content (AvgIpc) is 3.50. The van der Waals surface area contributed by atoms with Crippen molar-refractivity contribution in [2.45, 2.75) is 43.8 Å². The molecule has 4 aromatic rings. The number of imidazole rings is 1. The fourth-order valence-electron chi connectivity index (χ4n) is 5.38. The molecule has 2 fully saturated rings. The van der Waals surface area contributed by atoms with E-state index >= 15 is 0 Å². The van der Waals surface area contributed by atoms with Gasteiger partial charge < -0.3 is 10.6 Å². The standard InChI is InChI=1S/C26H23F3N8O2/c27-26(28,29)18-9-10-32-25(33-18)35-24(39)15-3-1-14(2-4-15)20-21-22(30)31-11-12-36(21)23(34-20)16-5-6-17-7-8-19(38)37(17)13-16/h1-4,9-12,16-17H,5-8,13H2,(H2,30,31)(H,32,33,35,39). The van der Waals surface area contributed by atoms with Crippen LogP contribution in [0.5, 0.6) is 0 Å². The van der Waals surface area contributed by atoms with E-state index in [2.05, 4.69) is 20.3 Å². The lowest BCUT2D eigenvalue weighted by Gasteiger charge is -2.34. The molecule has 2 saturated heterocycles. The number of benzene rings is 1. The molecule has 39 heavy (non-hydrogen) atoms. The summed E-state index contributed by atoms with van der Waals surface area (Å²) in [4.78, 5) is 43.2. The van der Waals surface area contributed by atoms with Gasteiger partial charge in [0.2, 0.25) is 11.9 Å². The first kappa shape index (κ1) is 24.8. The van der Waals surface area contributed by atoms with Crippen LogP contribution in [-0.4, -0.2) is 53.6 Å². The van der Waals surface area contributed by atoms with Crippen molar-refractivity contribution in [2.75, 3.05) is 17.6 Å². The number of rotatable bonds is 4. The Hall–Kier alpha value is -4.55.